The summed E-state index contributed by atoms with van der Waals surface area (Å²) in [6, 6.07) is 1.98. The van der Waals surface area contributed by atoms with Crippen molar-refractivity contribution in [2.75, 3.05) is 33.9 Å². The molecular formula is C15H23ClN4O. The number of fused-ring (bicyclic) bond motifs is 1. The molecule has 0 amide bonds. The summed E-state index contributed by atoms with van der Waals surface area (Å²) in [6.45, 7) is 7.36. The number of hydrogen-bond acceptors (Lipinski definition) is 4. The van der Waals surface area contributed by atoms with E-state index in [1.54, 1.807) is 7.11 Å². The van der Waals surface area contributed by atoms with Gasteiger partial charge in [-0.3, -0.25) is 0 Å². The summed E-state index contributed by atoms with van der Waals surface area (Å²) >= 11 is 6.29. The fraction of sp³-hybridized carbons (Fsp3) is 0.600. The third-order valence-corrected chi connectivity index (χ3v) is 3.80. The topological polar surface area (TPSA) is 43.2 Å². The summed E-state index contributed by atoms with van der Waals surface area (Å²) < 4.78 is 7.23. The van der Waals surface area contributed by atoms with Gasteiger partial charge in [-0.1, -0.05) is 0 Å². The zero-order valence-corrected chi connectivity index (χ0v) is 13.9. The third-order valence-electron chi connectivity index (χ3n) is 3.60. The van der Waals surface area contributed by atoms with Gasteiger partial charge in [0.05, 0.1) is 12.0 Å². The lowest BCUT2D eigenvalue weighted by Crippen LogP contribution is -2.27. The highest BCUT2D eigenvalue weighted by molar-refractivity contribution is 6.20. The van der Waals surface area contributed by atoms with Crippen LogP contribution in [0.25, 0.3) is 11.2 Å². The number of pyridine rings is 1. The number of rotatable bonds is 7. The number of aromatic nitrogens is 3. The second-order valence-corrected chi connectivity index (χ2v) is 5.99. The number of hydrogen-bond donors (Lipinski definition) is 0. The molecule has 0 aliphatic heterocycles. The number of nitrogens with zero attached hydrogens (tertiary/aromatic N) is 4. The number of imidazole rings is 1. The van der Waals surface area contributed by atoms with E-state index in [9.17, 15) is 0 Å². The molecule has 0 fully saturated rings. The fourth-order valence-electron chi connectivity index (χ4n) is 2.31. The Bertz CT molecular complexity index is 597. The quantitative estimate of drug-likeness (QED) is 0.737. The molecule has 0 saturated carbocycles. The zero-order chi connectivity index (χ0) is 15.4. The molecule has 2 aromatic rings. The van der Waals surface area contributed by atoms with Gasteiger partial charge < -0.3 is 14.2 Å². The minimum atomic E-state index is -0.136. The van der Waals surface area contributed by atoms with Crippen LogP contribution in [-0.2, 0) is 11.3 Å². The van der Waals surface area contributed by atoms with E-state index < -0.39 is 0 Å². The Labute approximate surface area is 130 Å². The Morgan fingerprint density at radius 2 is 2.19 bits per heavy atom. The number of alkyl halides is 1. The van der Waals surface area contributed by atoms with Crippen LogP contribution in [0.15, 0.2) is 12.3 Å². The second kappa shape index (κ2) is 7.20. The van der Waals surface area contributed by atoms with Crippen molar-refractivity contribution in [3.8, 4) is 0 Å². The predicted octanol–water partition coefficient (Wildman–Crippen LogP) is 2.62. The Morgan fingerprint density at radius 1 is 1.43 bits per heavy atom. The van der Waals surface area contributed by atoms with Crippen molar-refractivity contribution in [2.24, 2.45) is 0 Å². The molecule has 1 atom stereocenters. The fourth-order valence-corrected chi connectivity index (χ4v) is 2.48. The Hall–Kier alpha value is -1.17. The van der Waals surface area contributed by atoms with Crippen LogP contribution in [0.5, 0.6) is 0 Å². The molecular weight excluding hydrogens is 288 g/mol. The molecule has 0 aliphatic rings. The lowest BCUT2D eigenvalue weighted by atomic mass is 10.3. The molecule has 2 rings (SSSR count). The number of methoxy groups -OCH3 is 1. The molecule has 0 spiro atoms. The lowest BCUT2D eigenvalue weighted by molar-refractivity contribution is 0.159. The van der Waals surface area contributed by atoms with Gasteiger partial charge in [-0.25, -0.2) is 9.97 Å². The molecule has 0 saturated heterocycles. The van der Waals surface area contributed by atoms with Gasteiger partial charge in [0, 0.05) is 32.9 Å². The molecule has 116 valence electrons. The van der Waals surface area contributed by atoms with Gasteiger partial charge in [0.25, 0.3) is 0 Å². The van der Waals surface area contributed by atoms with Gasteiger partial charge in [0.1, 0.15) is 11.3 Å². The summed E-state index contributed by atoms with van der Waals surface area (Å²) in [7, 11) is 3.80. The maximum absolute atomic E-state index is 6.29. The maximum atomic E-state index is 6.29. The van der Waals surface area contributed by atoms with E-state index in [-0.39, 0.29) is 5.38 Å². The van der Waals surface area contributed by atoms with E-state index in [1.807, 2.05) is 19.2 Å². The van der Waals surface area contributed by atoms with Crippen LogP contribution >= 0.6 is 11.6 Å². The first-order valence-electron chi connectivity index (χ1n) is 7.18. The highest BCUT2D eigenvalue weighted by Crippen LogP contribution is 2.24. The van der Waals surface area contributed by atoms with Gasteiger partial charge in [-0.15, -0.1) is 11.6 Å². The molecule has 0 bridgehead atoms. The molecule has 2 aromatic heterocycles. The van der Waals surface area contributed by atoms with Crippen molar-refractivity contribution in [3.63, 3.8) is 0 Å². The molecule has 0 N–H and O–H groups in total. The van der Waals surface area contributed by atoms with Crippen LogP contribution in [0.3, 0.4) is 0 Å². The molecule has 0 radical (unpaired) electrons. The van der Waals surface area contributed by atoms with Crippen molar-refractivity contribution < 1.29 is 4.74 Å². The summed E-state index contributed by atoms with van der Waals surface area (Å²) in [5, 5.41) is -0.136. The average molecular weight is 311 g/mol. The van der Waals surface area contributed by atoms with Gasteiger partial charge in [-0.2, -0.15) is 0 Å². The molecule has 2 heterocycles. The van der Waals surface area contributed by atoms with E-state index in [2.05, 4.69) is 33.4 Å². The SMILES string of the molecule is COCCN(C)CCn1c(C(C)Cl)nc2c(C)ccnc21. The van der Waals surface area contributed by atoms with Crippen LogP contribution in [0.2, 0.25) is 0 Å². The largest absolute Gasteiger partial charge is 0.383 e. The molecule has 1 unspecified atom stereocenters. The predicted molar refractivity (Wildman–Crippen MR) is 85.9 cm³/mol. The minimum absolute atomic E-state index is 0.136. The Kier molecular flexibility index (Phi) is 5.56. The van der Waals surface area contributed by atoms with Crippen LogP contribution in [-0.4, -0.2) is 53.3 Å². The van der Waals surface area contributed by atoms with Crippen molar-refractivity contribution >= 4 is 22.8 Å². The van der Waals surface area contributed by atoms with Crippen molar-refractivity contribution in [2.45, 2.75) is 25.8 Å². The van der Waals surface area contributed by atoms with Crippen LogP contribution in [0.4, 0.5) is 0 Å². The van der Waals surface area contributed by atoms with Gasteiger partial charge >= 0.3 is 0 Å². The van der Waals surface area contributed by atoms with Crippen molar-refractivity contribution in [3.05, 3.63) is 23.7 Å². The Balaban J connectivity index is 2.25. The molecule has 0 aliphatic carbocycles. The first kappa shape index (κ1) is 16.2. The van der Waals surface area contributed by atoms with Crippen LogP contribution in [0, 0.1) is 6.92 Å². The van der Waals surface area contributed by atoms with Gasteiger partial charge in [-0.05, 0) is 32.5 Å². The highest BCUT2D eigenvalue weighted by Gasteiger charge is 2.17. The van der Waals surface area contributed by atoms with E-state index in [4.69, 9.17) is 16.3 Å². The second-order valence-electron chi connectivity index (χ2n) is 5.33. The van der Waals surface area contributed by atoms with E-state index >= 15 is 0 Å². The van der Waals surface area contributed by atoms with E-state index in [1.165, 1.54) is 0 Å². The summed E-state index contributed by atoms with van der Waals surface area (Å²) in [6.07, 6.45) is 1.83. The normalized spacial score (nSPS) is 13.2. The summed E-state index contributed by atoms with van der Waals surface area (Å²) in [4.78, 5) is 11.4. The third kappa shape index (κ3) is 3.73. The first-order valence-corrected chi connectivity index (χ1v) is 7.61. The highest BCUT2D eigenvalue weighted by atomic mass is 35.5. The van der Waals surface area contributed by atoms with Gasteiger partial charge in [0.2, 0.25) is 0 Å². The standard InChI is InChI=1S/C15H23ClN4O/c1-11-5-6-17-15-13(11)18-14(12(2)16)20(15)8-7-19(3)9-10-21-4/h5-6,12H,7-10H2,1-4H3. The number of likely N-dealkylation sites (N-methyl/N-ethyl adjacent to an activating group) is 1. The summed E-state index contributed by atoms with van der Waals surface area (Å²) in [5.41, 5.74) is 2.99. The van der Waals surface area contributed by atoms with Crippen LogP contribution in [0.1, 0.15) is 23.7 Å². The van der Waals surface area contributed by atoms with Crippen LogP contribution < -0.4 is 0 Å². The van der Waals surface area contributed by atoms with Crippen molar-refractivity contribution in [1.82, 2.24) is 19.4 Å². The molecule has 21 heavy (non-hydrogen) atoms. The van der Waals surface area contributed by atoms with Crippen molar-refractivity contribution in [1.29, 1.82) is 0 Å². The van der Waals surface area contributed by atoms with Gasteiger partial charge in [0.15, 0.2) is 5.65 Å². The number of ether oxygens (including phenoxy) is 1. The molecule has 6 heteroatoms. The lowest BCUT2D eigenvalue weighted by Gasteiger charge is -2.17. The monoisotopic (exact) mass is 310 g/mol. The smallest absolute Gasteiger partial charge is 0.160 e. The average Bonchev–Trinajstić information content (AvgIpc) is 2.83. The first-order chi connectivity index (χ1) is 10.0. The zero-order valence-electron chi connectivity index (χ0n) is 13.1. The summed E-state index contributed by atoms with van der Waals surface area (Å²) in [5.74, 6) is 0.883. The van der Waals surface area contributed by atoms with E-state index in [0.717, 1.165) is 48.8 Å². The number of halogens is 1. The molecule has 0 aromatic carbocycles. The molecule has 5 nitrogen and oxygen atoms in total. The van der Waals surface area contributed by atoms with E-state index in [0.29, 0.717) is 0 Å². The number of aryl methyl sites for hydroxylation is 1. The maximum Gasteiger partial charge on any atom is 0.160 e. The minimum Gasteiger partial charge on any atom is -0.383 e. The Morgan fingerprint density at radius 3 is 2.86 bits per heavy atom.